The average Bonchev–Trinajstić information content (AvgIpc) is 3.19. The topological polar surface area (TPSA) is 66.4 Å². The van der Waals surface area contributed by atoms with Crippen molar-refractivity contribution < 1.29 is 28.8 Å². The smallest absolute Gasteiger partial charge is 0.157 e. The third-order valence-electron chi connectivity index (χ3n) is 9.87. The van der Waals surface area contributed by atoms with Gasteiger partial charge in [0.25, 0.3) is 0 Å². The van der Waals surface area contributed by atoms with Crippen LogP contribution in [0.15, 0.2) is 91.0 Å². The molecule has 0 spiro atoms. The van der Waals surface area contributed by atoms with Gasteiger partial charge in [0.2, 0.25) is 0 Å². The summed E-state index contributed by atoms with van der Waals surface area (Å²) in [7, 11) is 0. The lowest BCUT2D eigenvalue weighted by molar-refractivity contribution is -0.173. The van der Waals surface area contributed by atoms with Crippen molar-refractivity contribution in [1.82, 2.24) is 0 Å². The molecule has 296 valence electrons. The maximum Gasteiger partial charge on any atom is 0.157 e. The molecule has 0 fully saturated rings. The Kier molecular flexibility index (Phi) is 24.4. The molecule has 6 heteroatoms. The summed E-state index contributed by atoms with van der Waals surface area (Å²) in [5.41, 5.74) is 2.46. The highest BCUT2D eigenvalue weighted by Gasteiger charge is 2.37. The first-order chi connectivity index (χ1) is 26.1. The molecule has 0 aromatic heterocycles. The zero-order valence-corrected chi connectivity index (χ0v) is 33.4. The van der Waals surface area contributed by atoms with Crippen LogP contribution in [0.5, 0.6) is 0 Å². The van der Waals surface area contributed by atoms with Crippen LogP contribution in [0.1, 0.15) is 140 Å². The van der Waals surface area contributed by atoms with Crippen LogP contribution in [0.4, 0.5) is 0 Å². The molecule has 53 heavy (non-hydrogen) atoms. The third-order valence-corrected chi connectivity index (χ3v) is 9.87. The van der Waals surface area contributed by atoms with Crippen molar-refractivity contribution in [1.29, 1.82) is 0 Å². The van der Waals surface area contributed by atoms with E-state index in [1.807, 2.05) is 18.2 Å². The maximum absolute atomic E-state index is 9.83. The van der Waals surface area contributed by atoms with Crippen LogP contribution >= 0.6 is 0 Å². The number of aliphatic hydroxyl groups is 1. The second kappa shape index (κ2) is 28.8. The van der Waals surface area contributed by atoms with Crippen molar-refractivity contribution in [2.75, 3.05) is 39.6 Å². The molecule has 3 atom stereocenters. The van der Waals surface area contributed by atoms with Gasteiger partial charge in [0.05, 0.1) is 51.8 Å². The molecule has 0 aliphatic rings. The van der Waals surface area contributed by atoms with E-state index in [0.717, 1.165) is 36.0 Å². The molecule has 6 nitrogen and oxygen atoms in total. The van der Waals surface area contributed by atoms with Crippen LogP contribution in [0.2, 0.25) is 0 Å². The molecule has 3 rings (SSSR count). The van der Waals surface area contributed by atoms with Crippen molar-refractivity contribution >= 4 is 0 Å². The third kappa shape index (κ3) is 18.1. The fourth-order valence-corrected chi connectivity index (χ4v) is 6.92. The van der Waals surface area contributed by atoms with Crippen molar-refractivity contribution in [2.24, 2.45) is 0 Å². The summed E-state index contributed by atoms with van der Waals surface area (Å²) in [6.45, 7) is 8.60. The number of hydrogen-bond donors (Lipinski definition) is 1. The number of benzene rings is 3. The lowest BCUT2D eigenvalue weighted by Crippen LogP contribution is -2.34. The fourth-order valence-electron chi connectivity index (χ4n) is 6.92. The largest absolute Gasteiger partial charge is 0.391 e. The Morgan fingerprint density at radius 3 is 1.42 bits per heavy atom. The highest BCUT2D eigenvalue weighted by atomic mass is 16.7. The molecule has 3 aromatic carbocycles. The van der Waals surface area contributed by atoms with E-state index in [9.17, 15) is 5.11 Å². The zero-order valence-electron chi connectivity index (χ0n) is 33.4. The van der Waals surface area contributed by atoms with E-state index in [4.69, 9.17) is 23.7 Å². The Morgan fingerprint density at radius 1 is 0.509 bits per heavy atom. The van der Waals surface area contributed by atoms with Crippen molar-refractivity contribution in [3.8, 4) is 0 Å². The van der Waals surface area contributed by atoms with Gasteiger partial charge < -0.3 is 28.8 Å². The van der Waals surface area contributed by atoms with Crippen molar-refractivity contribution in [3.05, 3.63) is 108 Å². The summed E-state index contributed by atoms with van der Waals surface area (Å²) in [5, 5.41) is 9.83. The molecule has 3 unspecified atom stereocenters. The maximum atomic E-state index is 9.83. The van der Waals surface area contributed by atoms with E-state index < -0.39 is 11.7 Å². The van der Waals surface area contributed by atoms with Gasteiger partial charge in [-0.05, 0) is 36.5 Å². The first-order valence-electron chi connectivity index (χ1n) is 21.0. The summed E-state index contributed by atoms with van der Waals surface area (Å²) in [4.78, 5) is 0. The number of ether oxygens (including phenoxy) is 5. The first kappa shape index (κ1) is 44.8. The van der Waals surface area contributed by atoms with Gasteiger partial charge in [0.15, 0.2) is 6.29 Å². The molecule has 0 bridgehead atoms. The average molecular weight is 733 g/mol. The molecule has 0 aliphatic heterocycles. The summed E-state index contributed by atoms with van der Waals surface area (Å²) in [6, 6.07) is 31.2. The Hall–Kier alpha value is -2.58. The van der Waals surface area contributed by atoms with Gasteiger partial charge in [0, 0.05) is 0 Å². The Balaban J connectivity index is 1.34. The van der Waals surface area contributed by atoms with Gasteiger partial charge in [0.1, 0.15) is 5.60 Å². The molecule has 0 radical (unpaired) electrons. The Morgan fingerprint density at radius 2 is 0.962 bits per heavy atom. The van der Waals surface area contributed by atoms with E-state index in [0.29, 0.717) is 39.6 Å². The number of hydrogen-bond acceptors (Lipinski definition) is 6. The number of unbranched alkanes of at least 4 members (excludes halogenated alkanes) is 13. The molecule has 0 aliphatic carbocycles. The second-order valence-electron chi connectivity index (χ2n) is 14.5. The normalized spacial score (nSPS) is 13.6. The van der Waals surface area contributed by atoms with E-state index in [2.05, 4.69) is 86.6 Å². The van der Waals surface area contributed by atoms with Crippen LogP contribution in [0.3, 0.4) is 0 Å². The van der Waals surface area contributed by atoms with Gasteiger partial charge in [-0.25, -0.2) is 0 Å². The standard InChI is InChI=1S/C47H72O6/c1-4-6-7-8-9-10-11-12-13-14-15-16-17-27-34-45(51-39-41(3)48)40-52-46(5-2)50-37-35-49-36-38-53-47(42-28-21-18-22-29-42,43-30-23-19-24-31-43)44-32-25-20-26-33-44/h18-26,28-33,41,45-46,48H,4-17,27,34-40H2,1-3H3. The number of aliphatic hydroxyl groups excluding tert-OH is 1. The van der Waals surface area contributed by atoms with Gasteiger partial charge in [-0.2, -0.15) is 0 Å². The minimum atomic E-state index is -0.760. The predicted molar refractivity (Wildman–Crippen MR) is 218 cm³/mol. The molecular weight excluding hydrogens is 661 g/mol. The quantitative estimate of drug-likeness (QED) is 0.0382. The van der Waals surface area contributed by atoms with Gasteiger partial charge in [-0.1, -0.05) is 195 Å². The monoisotopic (exact) mass is 733 g/mol. The van der Waals surface area contributed by atoms with Crippen LogP contribution in [0.25, 0.3) is 0 Å². The number of rotatable bonds is 33. The first-order valence-corrected chi connectivity index (χ1v) is 21.0. The summed E-state index contributed by atoms with van der Waals surface area (Å²) in [6.07, 6.45) is 19.6. The van der Waals surface area contributed by atoms with E-state index in [-0.39, 0.29) is 12.4 Å². The lowest BCUT2D eigenvalue weighted by Gasteiger charge is -2.36. The van der Waals surface area contributed by atoms with Crippen molar-refractivity contribution in [3.63, 3.8) is 0 Å². The highest BCUT2D eigenvalue weighted by Crippen LogP contribution is 2.40. The zero-order chi connectivity index (χ0) is 37.7. The SMILES string of the molecule is CCCCCCCCCCCCCCCCC(COC(CC)OCCOCCOC(c1ccccc1)(c1ccccc1)c1ccccc1)OCC(C)O. The van der Waals surface area contributed by atoms with E-state index in [1.165, 1.54) is 83.5 Å². The van der Waals surface area contributed by atoms with Gasteiger partial charge >= 0.3 is 0 Å². The molecule has 3 aromatic rings. The molecule has 0 amide bonds. The molecule has 0 heterocycles. The second-order valence-corrected chi connectivity index (χ2v) is 14.5. The molecular formula is C47H72O6. The molecule has 0 saturated heterocycles. The van der Waals surface area contributed by atoms with Gasteiger partial charge in [-0.3, -0.25) is 0 Å². The summed E-state index contributed by atoms with van der Waals surface area (Å²) < 4.78 is 31.1. The van der Waals surface area contributed by atoms with Crippen LogP contribution < -0.4 is 0 Å². The van der Waals surface area contributed by atoms with E-state index >= 15 is 0 Å². The Bertz CT molecular complexity index is 1140. The van der Waals surface area contributed by atoms with Crippen LogP contribution in [0, 0.1) is 0 Å². The molecule has 0 saturated carbocycles. The highest BCUT2D eigenvalue weighted by molar-refractivity contribution is 5.47. The predicted octanol–water partition coefficient (Wildman–Crippen LogP) is 11.4. The summed E-state index contributed by atoms with van der Waals surface area (Å²) in [5.74, 6) is 0. The fraction of sp³-hybridized carbons (Fsp3) is 0.617. The minimum Gasteiger partial charge on any atom is -0.391 e. The van der Waals surface area contributed by atoms with Gasteiger partial charge in [-0.15, -0.1) is 0 Å². The Labute approximate surface area is 322 Å². The lowest BCUT2D eigenvalue weighted by atomic mass is 9.80. The minimum absolute atomic E-state index is 0.0490. The van der Waals surface area contributed by atoms with E-state index in [1.54, 1.807) is 6.92 Å². The summed E-state index contributed by atoms with van der Waals surface area (Å²) >= 11 is 0. The van der Waals surface area contributed by atoms with Crippen LogP contribution in [-0.2, 0) is 29.3 Å². The molecule has 1 N–H and O–H groups in total. The van der Waals surface area contributed by atoms with Crippen LogP contribution in [-0.4, -0.2) is 63.2 Å². The van der Waals surface area contributed by atoms with Crippen molar-refractivity contribution in [2.45, 2.75) is 148 Å².